The van der Waals surface area contributed by atoms with Crippen molar-refractivity contribution in [1.82, 2.24) is 9.78 Å². The van der Waals surface area contributed by atoms with E-state index in [1.807, 2.05) is 37.3 Å². The third kappa shape index (κ3) is 4.81. The molecular weight excluding hydrogens is 376 g/mol. The average Bonchev–Trinajstić information content (AvgIpc) is 3.12. The van der Waals surface area contributed by atoms with Crippen LogP contribution < -0.4 is 9.47 Å². The summed E-state index contributed by atoms with van der Waals surface area (Å²) in [6.45, 7) is 2.28. The van der Waals surface area contributed by atoms with Crippen molar-refractivity contribution >= 4 is 23.5 Å². The number of hydrogen-bond donors (Lipinski definition) is 0. The van der Waals surface area contributed by atoms with Crippen LogP contribution in [0.3, 0.4) is 0 Å². The van der Waals surface area contributed by atoms with Crippen LogP contribution in [0.4, 0.5) is 0 Å². The van der Waals surface area contributed by atoms with Crippen molar-refractivity contribution < 1.29 is 14.3 Å². The van der Waals surface area contributed by atoms with Gasteiger partial charge in [-0.25, -0.2) is 0 Å². The Balaban J connectivity index is 1.75. The second-order valence-electron chi connectivity index (χ2n) is 6.37. The number of aromatic nitrogens is 2. The lowest BCUT2D eigenvalue weighted by Crippen LogP contribution is -2.00. The van der Waals surface area contributed by atoms with Gasteiger partial charge in [0, 0.05) is 23.8 Å². The fourth-order valence-corrected chi connectivity index (χ4v) is 2.99. The molecule has 0 bridgehead atoms. The minimum Gasteiger partial charge on any atom is -0.496 e. The van der Waals surface area contributed by atoms with E-state index in [0.717, 1.165) is 28.2 Å². The van der Waals surface area contributed by atoms with E-state index in [4.69, 9.17) is 21.1 Å². The molecule has 0 atom stereocenters. The summed E-state index contributed by atoms with van der Waals surface area (Å²) >= 11 is 5.99. The minimum atomic E-state index is -0.0986. The predicted molar refractivity (Wildman–Crippen MR) is 110 cm³/mol. The van der Waals surface area contributed by atoms with E-state index in [0.29, 0.717) is 17.2 Å². The summed E-state index contributed by atoms with van der Waals surface area (Å²) in [6, 6.07) is 11.2. The lowest BCUT2D eigenvalue weighted by Gasteiger charge is -2.13. The van der Waals surface area contributed by atoms with Gasteiger partial charge in [-0.1, -0.05) is 23.7 Å². The number of ketones is 1. The van der Waals surface area contributed by atoms with E-state index in [9.17, 15) is 4.79 Å². The molecule has 1 heterocycles. The summed E-state index contributed by atoms with van der Waals surface area (Å²) in [7, 11) is 3.40. The molecule has 0 aliphatic carbocycles. The fourth-order valence-electron chi connectivity index (χ4n) is 2.76. The second-order valence-corrected chi connectivity index (χ2v) is 6.81. The Kier molecular flexibility index (Phi) is 6.16. The Hall–Kier alpha value is -3.05. The first-order chi connectivity index (χ1) is 13.5. The van der Waals surface area contributed by atoms with Crippen LogP contribution in [0.15, 0.2) is 54.9 Å². The van der Waals surface area contributed by atoms with Gasteiger partial charge >= 0.3 is 0 Å². The van der Waals surface area contributed by atoms with Crippen LogP contribution >= 0.6 is 11.6 Å². The summed E-state index contributed by atoms with van der Waals surface area (Å²) in [5.74, 6) is 1.39. The zero-order valence-electron chi connectivity index (χ0n) is 16.0. The summed E-state index contributed by atoms with van der Waals surface area (Å²) in [5, 5.41) is 4.69. The second kappa shape index (κ2) is 8.76. The highest BCUT2D eigenvalue weighted by atomic mass is 35.5. The first-order valence-corrected chi connectivity index (χ1v) is 9.11. The quantitative estimate of drug-likeness (QED) is 0.422. The van der Waals surface area contributed by atoms with Crippen LogP contribution in [0, 0.1) is 6.92 Å². The SMILES string of the molecule is COc1ccc(/C=C/C(=O)c2cnn(C)c2)cc1COc1ccc(Cl)cc1C. The van der Waals surface area contributed by atoms with Crippen LogP contribution in [0.25, 0.3) is 6.08 Å². The Morgan fingerprint density at radius 3 is 2.68 bits per heavy atom. The Morgan fingerprint density at radius 2 is 2.00 bits per heavy atom. The molecule has 0 aliphatic rings. The van der Waals surface area contributed by atoms with Crippen molar-refractivity contribution in [2.24, 2.45) is 7.05 Å². The van der Waals surface area contributed by atoms with Gasteiger partial charge in [0.15, 0.2) is 5.78 Å². The largest absolute Gasteiger partial charge is 0.496 e. The Morgan fingerprint density at radius 1 is 1.21 bits per heavy atom. The van der Waals surface area contributed by atoms with Gasteiger partial charge in [0.05, 0.1) is 18.9 Å². The van der Waals surface area contributed by atoms with Gasteiger partial charge in [0.2, 0.25) is 0 Å². The molecule has 3 rings (SSSR count). The molecule has 0 spiro atoms. The number of carbonyl (C=O) groups is 1. The number of methoxy groups -OCH3 is 1. The standard InChI is InChI=1S/C22H21ClN2O3/c1-15-10-19(23)6-9-21(15)28-14-17-11-16(5-8-22(17)27-3)4-7-20(26)18-12-24-25(2)13-18/h4-13H,14H2,1-3H3/b7-4+. The molecule has 2 aromatic carbocycles. The van der Waals surface area contributed by atoms with Gasteiger partial charge in [0.25, 0.3) is 0 Å². The van der Waals surface area contributed by atoms with Gasteiger partial charge in [0.1, 0.15) is 18.1 Å². The van der Waals surface area contributed by atoms with E-state index >= 15 is 0 Å². The van der Waals surface area contributed by atoms with Crippen molar-refractivity contribution in [2.75, 3.05) is 7.11 Å². The van der Waals surface area contributed by atoms with E-state index in [1.54, 1.807) is 43.4 Å². The van der Waals surface area contributed by atoms with E-state index in [1.165, 1.54) is 6.08 Å². The highest BCUT2D eigenvalue weighted by molar-refractivity contribution is 6.30. The minimum absolute atomic E-state index is 0.0986. The molecule has 0 unspecified atom stereocenters. The number of carbonyl (C=O) groups excluding carboxylic acids is 1. The van der Waals surface area contributed by atoms with Crippen LogP contribution in [0.5, 0.6) is 11.5 Å². The molecule has 0 amide bonds. The van der Waals surface area contributed by atoms with Gasteiger partial charge in [-0.05, 0) is 54.5 Å². The van der Waals surface area contributed by atoms with Crippen molar-refractivity contribution in [3.8, 4) is 11.5 Å². The third-order valence-electron chi connectivity index (χ3n) is 4.24. The number of halogens is 1. The van der Waals surface area contributed by atoms with Gasteiger partial charge < -0.3 is 9.47 Å². The number of aryl methyl sites for hydroxylation is 2. The van der Waals surface area contributed by atoms with Crippen molar-refractivity contribution in [2.45, 2.75) is 13.5 Å². The first kappa shape index (κ1) is 19.7. The molecule has 0 saturated heterocycles. The number of allylic oxidation sites excluding steroid dienone is 1. The highest BCUT2D eigenvalue weighted by Crippen LogP contribution is 2.26. The molecule has 0 fully saturated rings. The Bertz CT molecular complexity index is 1020. The van der Waals surface area contributed by atoms with Gasteiger partial charge in [-0.3, -0.25) is 9.48 Å². The van der Waals surface area contributed by atoms with Gasteiger partial charge in [-0.2, -0.15) is 5.10 Å². The van der Waals surface area contributed by atoms with E-state index < -0.39 is 0 Å². The van der Waals surface area contributed by atoms with Crippen LogP contribution in [-0.4, -0.2) is 22.7 Å². The highest BCUT2D eigenvalue weighted by Gasteiger charge is 2.08. The third-order valence-corrected chi connectivity index (χ3v) is 4.48. The van der Waals surface area contributed by atoms with Crippen molar-refractivity contribution in [1.29, 1.82) is 0 Å². The molecule has 28 heavy (non-hydrogen) atoms. The maximum absolute atomic E-state index is 12.2. The van der Waals surface area contributed by atoms with E-state index in [-0.39, 0.29) is 5.78 Å². The fraction of sp³-hybridized carbons (Fsp3) is 0.182. The van der Waals surface area contributed by atoms with Crippen LogP contribution in [-0.2, 0) is 13.7 Å². The molecule has 0 radical (unpaired) electrons. The summed E-state index contributed by atoms with van der Waals surface area (Å²) in [6.07, 6.45) is 6.54. The predicted octanol–water partition coefficient (Wildman–Crippen LogP) is 4.87. The number of nitrogens with zero attached hydrogens (tertiary/aromatic N) is 2. The molecule has 6 heteroatoms. The molecule has 3 aromatic rings. The summed E-state index contributed by atoms with van der Waals surface area (Å²) < 4.78 is 13.0. The number of hydrogen-bond acceptors (Lipinski definition) is 4. The first-order valence-electron chi connectivity index (χ1n) is 8.73. The lowest BCUT2D eigenvalue weighted by atomic mass is 10.1. The van der Waals surface area contributed by atoms with Crippen LogP contribution in [0.2, 0.25) is 5.02 Å². The lowest BCUT2D eigenvalue weighted by molar-refractivity contribution is 0.104. The molecular formula is C22H21ClN2O3. The van der Waals surface area contributed by atoms with Crippen LogP contribution in [0.1, 0.15) is 27.0 Å². The Labute approximate surface area is 169 Å². The normalized spacial score (nSPS) is 11.0. The molecule has 1 aromatic heterocycles. The molecule has 144 valence electrons. The molecule has 0 saturated carbocycles. The van der Waals surface area contributed by atoms with Crippen molar-refractivity contribution in [3.05, 3.63) is 82.1 Å². The number of rotatable bonds is 7. The zero-order chi connectivity index (χ0) is 20.1. The molecule has 5 nitrogen and oxygen atoms in total. The molecule has 0 aliphatic heterocycles. The maximum Gasteiger partial charge on any atom is 0.189 e. The zero-order valence-corrected chi connectivity index (χ0v) is 16.7. The summed E-state index contributed by atoms with van der Waals surface area (Å²) in [5.41, 5.74) is 3.27. The number of ether oxygens (including phenoxy) is 2. The summed E-state index contributed by atoms with van der Waals surface area (Å²) in [4.78, 5) is 12.2. The monoisotopic (exact) mass is 396 g/mol. The number of benzene rings is 2. The van der Waals surface area contributed by atoms with E-state index in [2.05, 4.69) is 5.10 Å². The average molecular weight is 397 g/mol. The smallest absolute Gasteiger partial charge is 0.189 e. The maximum atomic E-state index is 12.2. The topological polar surface area (TPSA) is 53.3 Å². The van der Waals surface area contributed by atoms with Gasteiger partial charge in [-0.15, -0.1) is 0 Å². The molecule has 0 N–H and O–H groups in total. The van der Waals surface area contributed by atoms with Crippen molar-refractivity contribution in [3.63, 3.8) is 0 Å².